The van der Waals surface area contributed by atoms with Gasteiger partial charge in [0.05, 0.1) is 11.3 Å². The molecule has 0 aliphatic rings. The Bertz CT molecular complexity index is 383. The lowest BCUT2D eigenvalue weighted by Crippen LogP contribution is -2.05. The summed E-state index contributed by atoms with van der Waals surface area (Å²) in [6, 6.07) is 4.24. The summed E-state index contributed by atoms with van der Waals surface area (Å²) >= 11 is 0. The van der Waals surface area contributed by atoms with Crippen molar-refractivity contribution in [3.8, 4) is 6.07 Å². The zero-order chi connectivity index (χ0) is 11.3. The van der Waals surface area contributed by atoms with E-state index in [0.29, 0.717) is 6.54 Å². The SMILES string of the molecule is CCCCNc1ccc(C#N)c(F)c1F. The lowest BCUT2D eigenvalue weighted by Gasteiger charge is -2.07. The van der Waals surface area contributed by atoms with Gasteiger partial charge in [-0.1, -0.05) is 13.3 Å². The second kappa shape index (κ2) is 5.30. The maximum atomic E-state index is 13.3. The van der Waals surface area contributed by atoms with Crippen molar-refractivity contribution < 1.29 is 8.78 Å². The smallest absolute Gasteiger partial charge is 0.183 e. The molecule has 0 aliphatic carbocycles. The third-order valence-electron chi connectivity index (χ3n) is 2.05. The van der Waals surface area contributed by atoms with Crippen molar-refractivity contribution >= 4 is 5.69 Å². The molecule has 4 heteroatoms. The normalized spacial score (nSPS) is 9.73. The lowest BCUT2D eigenvalue weighted by atomic mass is 10.2. The monoisotopic (exact) mass is 210 g/mol. The summed E-state index contributed by atoms with van der Waals surface area (Å²) < 4.78 is 26.4. The van der Waals surface area contributed by atoms with Crippen LogP contribution in [-0.2, 0) is 0 Å². The van der Waals surface area contributed by atoms with Crippen LogP contribution in [0.5, 0.6) is 0 Å². The van der Waals surface area contributed by atoms with E-state index in [2.05, 4.69) is 5.32 Å². The molecule has 80 valence electrons. The van der Waals surface area contributed by atoms with Crippen molar-refractivity contribution in [1.29, 1.82) is 5.26 Å². The van der Waals surface area contributed by atoms with E-state index >= 15 is 0 Å². The third-order valence-corrected chi connectivity index (χ3v) is 2.05. The summed E-state index contributed by atoms with van der Waals surface area (Å²) in [7, 11) is 0. The van der Waals surface area contributed by atoms with Gasteiger partial charge in [0.15, 0.2) is 11.6 Å². The lowest BCUT2D eigenvalue weighted by molar-refractivity contribution is 0.508. The molecule has 1 rings (SSSR count). The first kappa shape index (κ1) is 11.4. The number of anilines is 1. The van der Waals surface area contributed by atoms with Gasteiger partial charge in [-0.25, -0.2) is 8.78 Å². The zero-order valence-electron chi connectivity index (χ0n) is 8.48. The van der Waals surface area contributed by atoms with Crippen molar-refractivity contribution in [2.75, 3.05) is 11.9 Å². The molecule has 15 heavy (non-hydrogen) atoms. The molecule has 0 bridgehead atoms. The topological polar surface area (TPSA) is 35.8 Å². The van der Waals surface area contributed by atoms with Crippen LogP contribution in [0.25, 0.3) is 0 Å². The molecule has 1 N–H and O–H groups in total. The highest BCUT2D eigenvalue weighted by atomic mass is 19.2. The number of unbranched alkanes of at least 4 members (excludes halogenated alkanes) is 1. The minimum Gasteiger partial charge on any atom is -0.383 e. The van der Waals surface area contributed by atoms with Crippen molar-refractivity contribution in [2.24, 2.45) is 0 Å². The van der Waals surface area contributed by atoms with Crippen LogP contribution in [0.4, 0.5) is 14.5 Å². The summed E-state index contributed by atoms with van der Waals surface area (Å²) in [5.74, 6) is -2.07. The summed E-state index contributed by atoms with van der Waals surface area (Å²) in [4.78, 5) is 0. The molecule has 0 saturated heterocycles. The minimum absolute atomic E-state index is 0.111. The van der Waals surface area contributed by atoms with Crippen LogP contribution in [0.15, 0.2) is 12.1 Å². The maximum Gasteiger partial charge on any atom is 0.183 e. The van der Waals surface area contributed by atoms with Gasteiger partial charge in [0.1, 0.15) is 6.07 Å². The van der Waals surface area contributed by atoms with Crippen molar-refractivity contribution in [2.45, 2.75) is 19.8 Å². The molecule has 0 aliphatic heterocycles. The number of benzene rings is 1. The van der Waals surface area contributed by atoms with Gasteiger partial charge in [-0.2, -0.15) is 5.26 Å². The average Bonchev–Trinajstić information content (AvgIpc) is 2.25. The zero-order valence-corrected chi connectivity index (χ0v) is 8.48. The molecule has 0 atom stereocenters. The van der Waals surface area contributed by atoms with Gasteiger partial charge in [0.25, 0.3) is 0 Å². The second-order valence-electron chi connectivity index (χ2n) is 3.18. The molecule has 0 amide bonds. The number of nitrogens with zero attached hydrogens (tertiary/aromatic N) is 1. The molecule has 0 aromatic heterocycles. The quantitative estimate of drug-likeness (QED) is 0.775. The van der Waals surface area contributed by atoms with Crippen LogP contribution in [0.1, 0.15) is 25.3 Å². The van der Waals surface area contributed by atoms with E-state index in [1.165, 1.54) is 12.1 Å². The van der Waals surface area contributed by atoms with Crippen LogP contribution in [0.3, 0.4) is 0 Å². The highest BCUT2D eigenvalue weighted by molar-refractivity contribution is 5.49. The average molecular weight is 210 g/mol. The number of halogens is 2. The highest BCUT2D eigenvalue weighted by Crippen LogP contribution is 2.19. The van der Waals surface area contributed by atoms with Crippen molar-refractivity contribution in [3.63, 3.8) is 0 Å². The summed E-state index contributed by atoms with van der Waals surface area (Å²) in [6.45, 7) is 2.61. The van der Waals surface area contributed by atoms with E-state index in [0.717, 1.165) is 12.8 Å². The Morgan fingerprint density at radius 1 is 1.33 bits per heavy atom. The third kappa shape index (κ3) is 2.66. The van der Waals surface area contributed by atoms with Crippen molar-refractivity contribution in [1.82, 2.24) is 0 Å². The van der Waals surface area contributed by atoms with Gasteiger partial charge >= 0.3 is 0 Å². The van der Waals surface area contributed by atoms with E-state index in [-0.39, 0.29) is 11.3 Å². The van der Waals surface area contributed by atoms with Crippen LogP contribution >= 0.6 is 0 Å². The van der Waals surface area contributed by atoms with Crippen LogP contribution in [0, 0.1) is 23.0 Å². The molecule has 0 unspecified atom stereocenters. The summed E-state index contributed by atoms with van der Waals surface area (Å²) in [6.07, 6.45) is 1.87. The first-order valence-corrected chi connectivity index (χ1v) is 4.82. The van der Waals surface area contributed by atoms with Crippen molar-refractivity contribution in [3.05, 3.63) is 29.3 Å². The van der Waals surface area contributed by atoms with Gasteiger partial charge in [0.2, 0.25) is 0 Å². The predicted octanol–water partition coefficient (Wildman–Crippen LogP) is 3.05. The van der Waals surface area contributed by atoms with E-state index in [1.54, 1.807) is 6.07 Å². The maximum absolute atomic E-state index is 13.3. The van der Waals surface area contributed by atoms with Gasteiger partial charge in [-0.3, -0.25) is 0 Å². The van der Waals surface area contributed by atoms with Gasteiger partial charge in [0, 0.05) is 6.54 Å². The van der Waals surface area contributed by atoms with Crippen LogP contribution in [0.2, 0.25) is 0 Å². The second-order valence-corrected chi connectivity index (χ2v) is 3.18. The fourth-order valence-electron chi connectivity index (χ4n) is 1.17. The fraction of sp³-hybridized carbons (Fsp3) is 0.364. The summed E-state index contributed by atoms with van der Waals surface area (Å²) in [5, 5.41) is 11.3. The van der Waals surface area contributed by atoms with E-state index in [1.807, 2.05) is 6.92 Å². The number of nitrogens with one attached hydrogen (secondary N) is 1. The van der Waals surface area contributed by atoms with Crippen LogP contribution in [-0.4, -0.2) is 6.54 Å². The molecular weight excluding hydrogens is 198 g/mol. The van der Waals surface area contributed by atoms with Crippen LogP contribution < -0.4 is 5.32 Å². The van der Waals surface area contributed by atoms with E-state index < -0.39 is 11.6 Å². The Morgan fingerprint density at radius 2 is 2.07 bits per heavy atom. The molecule has 1 aromatic carbocycles. The highest BCUT2D eigenvalue weighted by Gasteiger charge is 2.12. The van der Waals surface area contributed by atoms with E-state index in [4.69, 9.17) is 5.26 Å². The Balaban J connectivity index is 2.83. The molecule has 0 spiro atoms. The number of hydrogen-bond donors (Lipinski definition) is 1. The molecule has 2 nitrogen and oxygen atoms in total. The molecule has 0 heterocycles. The molecule has 0 radical (unpaired) electrons. The first-order valence-electron chi connectivity index (χ1n) is 4.82. The van der Waals surface area contributed by atoms with Gasteiger partial charge in [-0.05, 0) is 18.6 Å². The van der Waals surface area contributed by atoms with Gasteiger partial charge < -0.3 is 5.32 Å². The van der Waals surface area contributed by atoms with E-state index in [9.17, 15) is 8.78 Å². The molecule has 1 aromatic rings. The minimum atomic E-state index is -1.08. The largest absolute Gasteiger partial charge is 0.383 e. The molecule has 0 saturated carbocycles. The standard InChI is InChI=1S/C11H12F2N2/c1-2-3-6-15-9-5-4-8(7-14)10(12)11(9)13/h4-5,15H,2-3,6H2,1H3. The first-order chi connectivity index (χ1) is 7.20. The summed E-state index contributed by atoms with van der Waals surface area (Å²) in [5.41, 5.74) is -0.159. The fourth-order valence-corrected chi connectivity index (χ4v) is 1.17. The Labute approximate surface area is 87.5 Å². The molecule has 0 fully saturated rings. The Hall–Kier alpha value is -1.63. The predicted molar refractivity (Wildman–Crippen MR) is 54.5 cm³/mol. The van der Waals surface area contributed by atoms with Gasteiger partial charge in [-0.15, -0.1) is 0 Å². The Kier molecular flexibility index (Phi) is 4.04. The number of nitriles is 1. The molecular formula is C11H12F2N2. The number of rotatable bonds is 4. The Morgan fingerprint density at radius 3 is 2.67 bits per heavy atom. The number of hydrogen-bond acceptors (Lipinski definition) is 2.